The summed E-state index contributed by atoms with van der Waals surface area (Å²) >= 11 is 1.90. The van der Waals surface area contributed by atoms with Gasteiger partial charge in [-0.1, -0.05) is 40.8 Å². The van der Waals surface area contributed by atoms with Crippen LogP contribution in [0.2, 0.25) is 0 Å². The van der Waals surface area contributed by atoms with Gasteiger partial charge in [0.25, 0.3) is 10.1 Å². The van der Waals surface area contributed by atoms with Gasteiger partial charge in [0.05, 0.1) is 28.9 Å². The molecule has 3 rings (SSSR count). The van der Waals surface area contributed by atoms with Gasteiger partial charge < -0.3 is 0 Å². The van der Waals surface area contributed by atoms with Crippen molar-refractivity contribution in [1.29, 1.82) is 0 Å². The molecule has 0 saturated heterocycles. The normalized spacial score (nSPS) is 17.3. The molecule has 0 bridgehead atoms. The van der Waals surface area contributed by atoms with Gasteiger partial charge in [0.1, 0.15) is 6.54 Å². The summed E-state index contributed by atoms with van der Waals surface area (Å²) in [5.74, 6) is 0.332. The lowest BCUT2D eigenvalue weighted by Crippen LogP contribution is -2.31. The Morgan fingerprint density at radius 2 is 1.80 bits per heavy atom. The van der Waals surface area contributed by atoms with E-state index in [0.29, 0.717) is 38.0 Å². The number of aliphatic imine (C=N–C) groups is 1. The average Bonchev–Trinajstić information content (AvgIpc) is 3.18. The molecule has 3 N–H and O–H groups in total. The van der Waals surface area contributed by atoms with Crippen LogP contribution in [-0.4, -0.2) is 58.0 Å². The standard InChI is InChI=1S/C27H34N2O9S3/c1-27(16-6-10-20-41(32,33)34)24-21-23(40-38-36-31)14-15-25(24)29(18-8-9-19-39-37-35-30)26(27)13-5-7-17-28-22-11-3-2-4-12-22/h2-5,11-15,17,21H,6-10,16,18-20H2,1H3,(H2-,30,31,32,33,34)/p+1. The first kappa shape index (κ1) is 33.4. The van der Waals surface area contributed by atoms with E-state index < -0.39 is 15.5 Å². The first-order chi connectivity index (χ1) is 19.8. The van der Waals surface area contributed by atoms with Crippen molar-refractivity contribution in [2.75, 3.05) is 18.1 Å². The van der Waals surface area contributed by atoms with E-state index in [-0.39, 0.29) is 5.75 Å². The third-order valence-electron chi connectivity index (χ3n) is 6.65. The molecule has 224 valence electrons. The quantitative estimate of drug-likeness (QED) is 0.0290. The summed E-state index contributed by atoms with van der Waals surface area (Å²) in [5, 5.41) is 24.4. The van der Waals surface area contributed by atoms with Crippen molar-refractivity contribution < 1.29 is 46.8 Å². The number of hydrogen-bond donors (Lipinski definition) is 3. The maximum Gasteiger partial charge on any atom is 0.264 e. The van der Waals surface area contributed by atoms with Crippen molar-refractivity contribution in [3.63, 3.8) is 0 Å². The summed E-state index contributed by atoms with van der Waals surface area (Å²) in [6, 6.07) is 15.5. The number of allylic oxidation sites excluding steroid dienone is 2. The second-order valence-electron chi connectivity index (χ2n) is 9.47. The predicted molar refractivity (Wildman–Crippen MR) is 159 cm³/mol. The van der Waals surface area contributed by atoms with Crippen LogP contribution in [0.15, 0.2) is 70.6 Å². The van der Waals surface area contributed by atoms with Crippen molar-refractivity contribution in [2.24, 2.45) is 4.99 Å². The van der Waals surface area contributed by atoms with Gasteiger partial charge >= 0.3 is 0 Å². The predicted octanol–water partition coefficient (Wildman–Crippen LogP) is 6.73. The first-order valence-electron chi connectivity index (χ1n) is 13.0. The Bertz CT molecular complexity index is 1300. The first-order valence-corrected chi connectivity index (χ1v) is 16.3. The van der Waals surface area contributed by atoms with Crippen LogP contribution in [0.3, 0.4) is 0 Å². The highest BCUT2D eigenvalue weighted by Gasteiger charge is 2.47. The zero-order valence-electron chi connectivity index (χ0n) is 22.6. The van der Waals surface area contributed by atoms with Crippen molar-refractivity contribution in [1.82, 2.24) is 0 Å². The molecule has 0 radical (unpaired) electrons. The number of para-hydroxylation sites is 1. The third-order valence-corrected chi connectivity index (χ3v) is 8.64. The molecule has 0 amide bonds. The van der Waals surface area contributed by atoms with Gasteiger partial charge in [0, 0.05) is 59.5 Å². The fourth-order valence-electron chi connectivity index (χ4n) is 4.80. The number of rotatable bonds is 19. The zero-order valence-corrected chi connectivity index (χ0v) is 25.1. The van der Waals surface area contributed by atoms with Crippen LogP contribution in [0.4, 0.5) is 11.4 Å². The molecule has 1 heterocycles. The van der Waals surface area contributed by atoms with Gasteiger partial charge in [-0.25, -0.2) is 10.5 Å². The van der Waals surface area contributed by atoms with Crippen LogP contribution in [0.25, 0.3) is 0 Å². The highest BCUT2D eigenvalue weighted by Crippen LogP contribution is 2.45. The lowest BCUT2D eigenvalue weighted by molar-refractivity contribution is -0.438. The van der Waals surface area contributed by atoms with E-state index in [9.17, 15) is 13.0 Å². The average molecular weight is 628 g/mol. The number of nitrogens with zero attached hydrogens (tertiary/aromatic N) is 2. The van der Waals surface area contributed by atoms with E-state index >= 15 is 0 Å². The molecular formula is C27H35N2O9S3+. The van der Waals surface area contributed by atoms with Crippen LogP contribution in [0.5, 0.6) is 0 Å². The van der Waals surface area contributed by atoms with Gasteiger partial charge in [-0.2, -0.15) is 13.0 Å². The maximum absolute atomic E-state index is 11.3. The Morgan fingerprint density at radius 1 is 1.02 bits per heavy atom. The minimum absolute atomic E-state index is 0.296. The van der Waals surface area contributed by atoms with Crippen molar-refractivity contribution in [2.45, 2.75) is 55.8 Å². The van der Waals surface area contributed by atoms with Gasteiger partial charge in [0.15, 0.2) is 5.71 Å². The molecule has 0 aliphatic carbocycles. The highest BCUT2D eigenvalue weighted by molar-refractivity contribution is 7.94. The lowest BCUT2D eigenvalue weighted by atomic mass is 9.75. The topological polar surface area (TPSA) is 147 Å². The highest BCUT2D eigenvalue weighted by atomic mass is 32.2. The van der Waals surface area contributed by atoms with Crippen LogP contribution in [0, 0.1) is 0 Å². The minimum Gasteiger partial charge on any atom is -0.286 e. The molecule has 41 heavy (non-hydrogen) atoms. The van der Waals surface area contributed by atoms with E-state index in [4.69, 9.17) is 10.5 Å². The van der Waals surface area contributed by atoms with Crippen LogP contribution in [-0.2, 0) is 34.3 Å². The molecule has 2 aromatic carbocycles. The molecule has 0 fully saturated rings. The Labute approximate surface area is 248 Å². The second kappa shape index (κ2) is 17.1. The summed E-state index contributed by atoms with van der Waals surface area (Å²) < 4.78 is 43.3. The fraction of sp³-hybridized carbons (Fsp3) is 0.407. The largest absolute Gasteiger partial charge is 0.286 e. The van der Waals surface area contributed by atoms with Crippen LogP contribution < -0.4 is 0 Å². The smallest absolute Gasteiger partial charge is 0.264 e. The number of unbranched alkanes of at least 4 members (excludes halogenated alkanes) is 2. The number of benzene rings is 2. The molecule has 1 atom stereocenters. The number of hydrogen-bond acceptors (Lipinski definition) is 11. The maximum atomic E-state index is 11.3. The molecule has 0 aromatic heterocycles. The summed E-state index contributed by atoms with van der Waals surface area (Å²) in [7, 11) is -4.05. The monoisotopic (exact) mass is 627 g/mol. The van der Waals surface area contributed by atoms with E-state index in [1.807, 2.05) is 54.7 Å². The molecule has 0 spiro atoms. The van der Waals surface area contributed by atoms with Gasteiger partial charge in [-0.3, -0.25) is 9.55 Å². The molecule has 1 unspecified atom stereocenters. The Morgan fingerprint density at radius 3 is 2.54 bits per heavy atom. The van der Waals surface area contributed by atoms with E-state index in [1.54, 1.807) is 0 Å². The zero-order chi connectivity index (χ0) is 29.6. The Kier molecular flexibility index (Phi) is 13.9. The van der Waals surface area contributed by atoms with Crippen molar-refractivity contribution in [3.05, 3.63) is 66.2 Å². The molecule has 2 aromatic rings. The van der Waals surface area contributed by atoms with Gasteiger partial charge in [-0.15, -0.1) is 8.67 Å². The lowest BCUT2D eigenvalue weighted by Gasteiger charge is -2.23. The molecule has 11 nitrogen and oxygen atoms in total. The third kappa shape index (κ3) is 10.6. The fourth-order valence-corrected chi connectivity index (χ4v) is 6.20. The molecule has 14 heteroatoms. The van der Waals surface area contributed by atoms with Gasteiger partial charge in [0.2, 0.25) is 5.69 Å². The van der Waals surface area contributed by atoms with Crippen LogP contribution in [0.1, 0.15) is 51.0 Å². The van der Waals surface area contributed by atoms with E-state index in [2.05, 4.69) is 47.4 Å². The number of fused-ring (bicyclic) bond motifs is 1. The Balaban J connectivity index is 1.90. The van der Waals surface area contributed by atoms with Crippen molar-refractivity contribution >= 4 is 57.5 Å². The summed E-state index contributed by atoms with van der Waals surface area (Å²) in [5.41, 5.74) is 3.48. The molecule has 1 aliphatic rings. The summed E-state index contributed by atoms with van der Waals surface area (Å²) in [6.07, 6.45) is 9.76. The SMILES string of the molecule is CC1(CCCCS(=O)(=O)O)C(C=CCC=Nc2ccccc2)=[N+](CCCCSOOO)c2ccc(SOOO)cc21. The second-order valence-corrected chi connectivity index (χ2v) is 12.6. The molecular weight excluding hydrogens is 593 g/mol. The van der Waals surface area contributed by atoms with E-state index in [1.165, 1.54) is 0 Å². The minimum atomic E-state index is -4.05. The van der Waals surface area contributed by atoms with E-state index in [0.717, 1.165) is 64.5 Å². The van der Waals surface area contributed by atoms with Crippen molar-refractivity contribution in [3.8, 4) is 0 Å². The Hall–Kier alpha value is -2.11. The summed E-state index contributed by atoms with van der Waals surface area (Å²) in [6.45, 7) is 2.83. The van der Waals surface area contributed by atoms with Crippen LogP contribution >= 0.6 is 24.1 Å². The van der Waals surface area contributed by atoms with Gasteiger partial charge in [-0.05, 0) is 50.5 Å². The molecule has 0 saturated carbocycles. The summed E-state index contributed by atoms with van der Waals surface area (Å²) in [4.78, 5) is 5.23. The molecule has 1 aliphatic heterocycles.